The van der Waals surface area contributed by atoms with Gasteiger partial charge in [-0.1, -0.05) is 33.6 Å². The van der Waals surface area contributed by atoms with Gasteiger partial charge in [0.2, 0.25) is 0 Å². The summed E-state index contributed by atoms with van der Waals surface area (Å²) >= 11 is 8.30. The Kier molecular flexibility index (Phi) is 5.04. The average Bonchev–Trinajstić information content (AvgIpc) is 2.21. The van der Waals surface area contributed by atoms with Crippen LogP contribution in [0.25, 0.3) is 6.08 Å². The van der Waals surface area contributed by atoms with E-state index < -0.39 is 17.2 Å². The van der Waals surface area contributed by atoms with E-state index >= 15 is 0 Å². The molecule has 0 fully saturated rings. The predicted molar refractivity (Wildman–Crippen MR) is 70.1 cm³/mol. The number of benzene rings is 1. The second-order valence-corrected chi connectivity index (χ2v) is 5.12. The van der Waals surface area contributed by atoms with Crippen molar-refractivity contribution in [1.82, 2.24) is 0 Å². The number of rotatable bonds is 3. The average molecular weight is 358 g/mol. The summed E-state index contributed by atoms with van der Waals surface area (Å²) in [7, 11) is 0. The highest BCUT2D eigenvalue weighted by molar-refractivity contribution is 9.10. The van der Waals surface area contributed by atoms with Crippen molar-refractivity contribution in [3.8, 4) is 0 Å². The minimum Gasteiger partial charge on any atom is -0.481 e. The molecule has 0 aliphatic carbocycles. The summed E-state index contributed by atoms with van der Waals surface area (Å²) in [6.07, 6.45) is -4.01. The largest absolute Gasteiger partial charge is 0.481 e. The molecule has 0 saturated carbocycles. The van der Waals surface area contributed by atoms with Gasteiger partial charge in [-0.2, -0.15) is 13.2 Å². The van der Waals surface area contributed by atoms with Gasteiger partial charge in [-0.25, -0.2) is 0 Å². The number of hydrogen-bond acceptors (Lipinski definition) is 1. The third-order valence-corrected chi connectivity index (χ3v) is 3.36. The Morgan fingerprint density at radius 3 is 2.47 bits per heavy atom. The van der Waals surface area contributed by atoms with Crippen molar-refractivity contribution in [2.45, 2.75) is 19.5 Å². The summed E-state index contributed by atoms with van der Waals surface area (Å²) in [6, 6.07) is 2.86. The number of allylic oxidation sites excluding steroid dienone is 1. The predicted octanol–water partition coefficient (Wildman–Crippen LogP) is 4.53. The molecule has 0 atom stereocenters. The number of alkyl halides is 3. The SMILES string of the molecule is Cc1cc(/C=C(\Cl)C(F)(F)F)cc(Br)c1CC(=O)O. The lowest BCUT2D eigenvalue weighted by Gasteiger charge is -2.09. The van der Waals surface area contributed by atoms with Crippen LogP contribution in [0.3, 0.4) is 0 Å². The maximum Gasteiger partial charge on any atom is 0.426 e. The van der Waals surface area contributed by atoms with Crippen molar-refractivity contribution < 1.29 is 23.1 Å². The Morgan fingerprint density at radius 1 is 1.47 bits per heavy atom. The topological polar surface area (TPSA) is 37.3 Å². The first-order valence-electron chi connectivity index (χ1n) is 5.06. The third-order valence-electron chi connectivity index (χ3n) is 2.33. The molecule has 1 N–H and O–H groups in total. The number of aliphatic carboxylic acids is 1. The molecule has 104 valence electrons. The standard InChI is InChI=1S/C12H9BrClF3O2/c1-6-2-7(4-10(14)12(15,16)17)3-9(13)8(6)5-11(18)19/h2-4H,5H2,1H3,(H,18,19)/b10-4-. The first-order chi connectivity index (χ1) is 8.61. The van der Waals surface area contributed by atoms with E-state index in [0.29, 0.717) is 15.6 Å². The van der Waals surface area contributed by atoms with Crippen LogP contribution in [0.1, 0.15) is 16.7 Å². The zero-order chi connectivity index (χ0) is 14.8. The van der Waals surface area contributed by atoms with Gasteiger partial charge in [-0.3, -0.25) is 4.79 Å². The van der Waals surface area contributed by atoms with Crippen LogP contribution in [-0.2, 0) is 11.2 Å². The number of carboxylic acid groups (broad SMARTS) is 1. The molecule has 0 aliphatic heterocycles. The van der Waals surface area contributed by atoms with Gasteiger partial charge in [0, 0.05) is 4.47 Å². The van der Waals surface area contributed by atoms with Crippen LogP contribution >= 0.6 is 27.5 Å². The zero-order valence-electron chi connectivity index (χ0n) is 9.68. The number of carbonyl (C=O) groups is 1. The van der Waals surface area contributed by atoms with Gasteiger partial charge < -0.3 is 5.11 Å². The van der Waals surface area contributed by atoms with E-state index in [2.05, 4.69) is 15.9 Å². The highest BCUT2D eigenvalue weighted by Crippen LogP contribution is 2.32. The van der Waals surface area contributed by atoms with Crippen molar-refractivity contribution in [3.63, 3.8) is 0 Å². The molecule has 2 nitrogen and oxygen atoms in total. The van der Waals surface area contributed by atoms with Gasteiger partial charge in [0.1, 0.15) is 5.03 Å². The summed E-state index contributed by atoms with van der Waals surface area (Å²) < 4.78 is 37.3. The second-order valence-electron chi connectivity index (χ2n) is 3.86. The Bertz CT molecular complexity index is 515. The summed E-state index contributed by atoms with van der Waals surface area (Å²) in [5.41, 5.74) is 1.35. The van der Waals surface area contributed by atoms with Gasteiger partial charge in [-0.05, 0) is 35.8 Å². The fourth-order valence-electron chi connectivity index (χ4n) is 1.49. The Balaban J connectivity index is 3.18. The normalized spacial score (nSPS) is 12.6. The molecule has 0 heterocycles. The van der Waals surface area contributed by atoms with Gasteiger partial charge in [-0.15, -0.1) is 0 Å². The number of halogens is 5. The van der Waals surface area contributed by atoms with Crippen molar-refractivity contribution in [3.05, 3.63) is 38.3 Å². The molecule has 0 bridgehead atoms. The molecular weight excluding hydrogens is 348 g/mol. The van der Waals surface area contributed by atoms with E-state index in [1.165, 1.54) is 12.1 Å². The highest BCUT2D eigenvalue weighted by Gasteiger charge is 2.32. The van der Waals surface area contributed by atoms with Crippen LogP contribution < -0.4 is 0 Å². The first kappa shape index (κ1) is 16.0. The van der Waals surface area contributed by atoms with Crippen LogP contribution in [0.4, 0.5) is 13.2 Å². The first-order valence-corrected chi connectivity index (χ1v) is 6.23. The van der Waals surface area contributed by atoms with Gasteiger partial charge in [0.25, 0.3) is 0 Å². The van der Waals surface area contributed by atoms with Crippen LogP contribution in [0.5, 0.6) is 0 Å². The number of aryl methyl sites for hydroxylation is 1. The monoisotopic (exact) mass is 356 g/mol. The Labute approximate surface area is 121 Å². The molecule has 0 aromatic heterocycles. The fraction of sp³-hybridized carbons (Fsp3) is 0.250. The van der Waals surface area contributed by atoms with Gasteiger partial charge in [0.05, 0.1) is 6.42 Å². The van der Waals surface area contributed by atoms with E-state index in [1.54, 1.807) is 6.92 Å². The van der Waals surface area contributed by atoms with E-state index in [9.17, 15) is 18.0 Å². The summed E-state index contributed by atoms with van der Waals surface area (Å²) in [6.45, 7) is 1.63. The quantitative estimate of drug-likeness (QED) is 0.863. The van der Waals surface area contributed by atoms with E-state index in [-0.39, 0.29) is 12.0 Å². The molecule has 0 aliphatic rings. The summed E-state index contributed by atoms with van der Waals surface area (Å²) in [4.78, 5) is 10.7. The molecule has 1 aromatic rings. The molecule has 0 spiro atoms. The summed E-state index contributed by atoms with van der Waals surface area (Å²) in [5, 5.41) is 7.50. The summed E-state index contributed by atoms with van der Waals surface area (Å²) in [5.74, 6) is -1.01. The minimum atomic E-state index is -4.60. The van der Waals surface area contributed by atoms with Gasteiger partial charge in [0.15, 0.2) is 0 Å². The molecule has 0 saturated heterocycles. The molecule has 1 aromatic carbocycles. The van der Waals surface area contributed by atoms with Gasteiger partial charge >= 0.3 is 12.1 Å². The molecule has 0 unspecified atom stereocenters. The van der Waals surface area contributed by atoms with E-state index in [0.717, 1.165) is 6.08 Å². The maximum atomic E-state index is 12.3. The number of hydrogen-bond donors (Lipinski definition) is 1. The van der Waals surface area contributed by atoms with Crippen molar-refractivity contribution >= 4 is 39.6 Å². The lowest BCUT2D eigenvalue weighted by atomic mass is 10.0. The second kappa shape index (κ2) is 5.96. The third kappa shape index (κ3) is 4.54. The minimum absolute atomic E-state index is 0.205. The smallest absolute Gasteiger partial charge is 0.426 e. The molecule has 0 amide bonds. The maximum absolute atomic E-state index is 12.3. The lowest BCUT2D eigenvalue weighted by molar-refractivity contribution is -0.136. The van der Waals surface area contributed by atoms with Crippen molar-refractivity contribution in [1.29, 1.82) is 0 Å². The van der Waals surface area contributed by atoms with E-state index in [4.69, 9.17) is 16.7 Å². The molecule has 1 rings (SSSR count). The number of carboxylic acids is 1. The van der Waals surface area contributed by atoms with E-state index in [1.807, 2.05) is 0 Å². The molecule has 0 radical (unpaired) electrons. The van der Waals surface area contributed by atoms with Crippen LogP contribution in [0.15, 0.2) is 21.6 Å². The fourth-order valence-corrected chi connectivity index (χ4v) is 2.33. The molecule has 19 heavy (non-hydrogen) atoms. The Morgan fingerprint density at radius 2 is 2.05 bits per heavy atom. The van der Waals surface area contributed by atoms with Crippen LogP contribution in [0.2, 0.25) is 0 Å². The zero-order valence-corrected chi connectivity index (χ0v) is 12.0. The van der Waals surface area contributed by atoms with Crippen LogP contribution in [-0.4, -0.2) is 17.3 Å². The lowest BCUT2D eigenvalue weighted by Crippen LogP contribution is -2.07. The highest BCUT2D eigenvalue weighted by atomic mass is 79.9. The van der Waals surface area contributed by atoms with Crippen LogP contribution in [0, 0.1) is 6.92 Å². The molecule has 7 heteroatoms. The van der Waals surface area contributed by atoms with Crippen molar-refractivity contribution in [2.75, 3.05) is 0 Å². The Hall–Kier alpha value is -1.01. The van der Waals surface area contributed by atoms with Crippen molar-refractivity contribution in [2.24, 2.45) is 0 Å². The molecular formula is C12H9BrClF3O2.